The molecule has 0 saturated heterocycles. The van der Waals surface area contributed by atoms with Crippen LogP contribution in [0.3, 0.4) is 0 Å². The molecule has 0 fully saturated rings. The predicted molar refractivity (Wildman–Crippen MR) is 100 cm³/mol. The summed E-state index contributed by atoms with van der Waals surface area (Å²) in [4.78, 5) is 4.38. The standard InChI is InChI=1S/C17H19BrN2O2S/c1-21-16-8-3-2-5-13(16)12-20-17(19)23-10-9-22-15-7-4-6-14(18)11-15/h2-8,11H,9-10,12H2,1H3,(H2,19,20). The summed E-state index contributed by atoms with van der Waals surface area (Å²) in [5, 5.41) is 0.550. The number of aliphatic imine (C=N–C) groups is 1. The zero-order chi connectivity index (χ0) is 16.5. The molecule has 2 aromatic rings. The number of rotatable bonds is 7. The molecule has 0 unspecified atom stereocenters. The van der Waals surface area contributed by atoms with E-state index in [9.17, 15) is 0 Å². The molecule has 0 amide bonds. The monoisotopic (exact) mass is 394 g/mol. The molecule has 2 N–H and O–H groups in total. The summed E-state index contributed by atoms with van der Waals surface area (Å²) < 4.78 is 11.9. The largest absolute Gasteiger partial charge is 0.496 e. The van der Waals surface area contributed by atoms with Crippen LogP contribution in [0.5, 0.6) is 11.5 Å². The van der Waals surface area contributed by atoms with Gasteiger partial charge in [-0.2, -0.15) is 0 Å². The topological polar surface area (TPSA) is 56.8 Å². The number of thioether (sulfide) groups is 1. The van der Waals surface area contributed by atoms with Crippen LogP contribution in [0.25, 0.3) is 0 Å². The van der Waals surface area contributed by atoms with Gasteiger partial charge >= 0.3 is 0 Å². The van der Waals surface area contributed by atoms with Crippen LogP contribution in [0.4, 0.5) is 0 Å². The molecule has 4 nitrogen and oxygen atoms in total. The highest BCUT2D eigenvalue weighted by Gasteiger charge is 2.01. The summed E-state index contributed by atoms with van der Waals surface area (Å²) in [5.74, 6) is 2.41. The van der Waals surface area contributed by atoms with Gasteiger partial charge in [-0.05, 0) is 24.3 Å². The van der Waals surface area contributed by atoms with E-state index >= 15 is 0 Å². The Morgan fingerprint density at radius 1 is 1.22 bits per heavy atom. The lowest BCUT2D eigenvalue weighted by Crippen LogP contribution is -2.11. The number of nitrogens with zero attached hydrogens (tertiary/aromatic N) is 1. The molecule has 2 aromatic carbocycles. The Balaban J connectivity index is 1.75. The van der Waals surface area contributed by atoms with Gasteiger partial charge in [0.2, 0.25) is 0 Å². The Morgan fingerprint density at radius 2 is 2.04 bits per heavy atom. The summed E-state index contributed by atoms with van der Waals surface area (Å²) in [6, 6.07) is 15.6. The number of nitrogens with two attached hydrogens (primary N) is 1. The number of benzene rings is 2. The van der Waals surface area contributed by atoms with Crippen LogP contribution in [0, 0.1) is 0 Å². The van der Waals surface area contributed by atoms with E-state index in [2.05, 4.69) is 20.9 Å². The van der Waals surface area contributed by atoms with Crippen molar-refractivity contribution in [1.82, 2.24) is 0 Å². The predicted octanol–water partition coefficient (Wildman–Crippen LogP) is 4.08. The molecule has 6 heteroatoms. The number of hydrogen-bond donors (Lipinski definition) is 1. The second kappa shape index (κ2) is 9.47. The molecule has 0 aliphatic rings. The molecule has 0 aliphatic carbocycles. The summed E-state index contributed by atoms with van der Waals surface area (Å²) in [7, 11) is 1.65. The third-order valence-electron chi connectivity index (χ3n) is 3.00. The summed E-state index contributed by atoms with van der Waals surface area (Å²) in [5.41, 5.74) is 6.94. The van der Waals surface area contributed by atoms with Crippen LogP contribution in [-0.2, 0) is 6.54 Å². The molecular formula is C17H19BrN2O2S. The number of ether oxygens (including phenoxy) is 2. The molecule has 0 heterocycles. The van der Waals surface area contributed by atoms with Crippen LogP contribution in [0.2, 0.25) is 0 Å². The lowest BCUT2D eigenvalue weighted by Gasteiger charge is -2.07. The zero-order valence-electron chi connectivity index (χ0n) is 12.9. The highest BCUT2D eigenvalue weighted by atomic mass is 79.9. The first-order valence-electron chi connectivity index (χ1n) is 7.12. The van der Waals surface area contributed by atoms with E-state index in [1.165, 1.54) is 11.8 Å². The van der Waals surface area contributed by atoms with Gasteiger partial charge in [0.25, 0.3) is 0 Å². The second-order valence-electron chi connectivity index (χ2n) is 4.62. The van der Waals surface area contributed by atoms with Crippen molar-refractivity contribution >= 4 is 32.9 Å². The zero-order valence-corrected chi connectivity index (χ0v) is 15.3. The Labute approximate surface area is 149 Å². The number of para-hydroxylation sites is 1. The van der Waals surface area contributed by atoms with Crippen molar-refractivity contribution in [2.75, 3.05) is 19.5 Å². The van der Waals surface area contributed by atoms with E-state index < -0.39 is 0 Å². The first-order valence-corrected chi connectivity index (χ1v) is 8.90. The van der Waals surface area contributed by atoms with Gasteiger partial charge in [-0.1, -0.05) is 52.0 Å². The first kappa shape index (κ1) is 17.7. The maximum atomic E-state index is 5.93. The number of methoxy groups -OCH3 is 1. The molecule has 0 saturated carbocycles. The number of hydrogen-bond acceptors (Lipinski definition) is 4. The Bertz CT molecular complexity index is 665. The van der Waals surface area contributed by atoms with E-state index in [-0.39, 0.29) is 0 Å². The Kier molecular flexibility index (Phi) is 7.29. The van der Waals surface area contributed by atoms with Crippen LogP contribution in [0.15, 0.2) is 58.0 Å². The number of halogens is 1. The van der Waals surface area contributed by atoms with E-state index in [4.69, 9.17) is 15.2 Å². The maximum absolute atomic E-state index is 5.93. The van der Waals surface area contributed by atoms with Crippen LogP contribution < -0.4 is 15.2 Å². The molecule has 0 spiro atoms. The normalized spacial score (nSPS) is 11.3. The van der Waals surface area contributed by atoms with Gasteiger partial charge in [-0.3, -0.25) is 4.99 Å². The maximum Gasteiger partial charge on any atom is 0.154 e. The molecule has 0 aliphatic heterocycles. The lowest BCUT2D eigenvalue weighted by molar-refractivity contribution is 0.344. The highest BCUT2D eigenvalue weighted by Crippen LogP contribution is 2.19. The van der Waals surface area contributed by atoms with Gasteiger partial charge < -0.3 is 15.2 Å². The molecule has 23 heavy (non-hydrogen) atoms. The van der Waals surface area contributed by atoms with Gasteiger partial charge in [0.1, 0.15) is 11.5 Å². The van der Waals surface area contributed by atoms with Crippen molar-refractivity contribution < 1.29 is 9.47 Å². The quantitative estimate of drug-likeness (QED) is 0.436. The first-order chi connectivity index (χ1) is 11.2. The average Bonchev–Trinajstić information content (AvgIpc) is 2.57. The Hall–Kier alpha value is -1.66. The molecule has 2 rings (SSSR count). The minimum absolute atomic E-state index is 0.509. The van der Waals surface area contributed by atoms with Crippen molar-refractivity contribution in [3.05, 3.63) is 58.6 Å². The fraction of sp³-hybridized carbons (Fsp3) is 0.235. The van der Waals surface area contributed by atoms with E-state index in [0.29, 0.717) is 18.3 Å². The summed E-state index contributed by atoms with van der Waals surface area (Å²) >= 11 is 4.90. The van der Waals surface area contributed by atoms with Gasteiger partial charge in [-0.15, -0.1) is 0 Å². The van der Waals surface area contributed by atoms with Crippen LogP contribution >= 0.6 is 27.7 Å². The highest BCUT2D eigenvalue weighted by molar-refractivity contribution is 9.10. The fourth-order valence-corrected chi connectivity index (χ4v) is 2.81. The van der Waals surface area contributed by atoms with E-state index in [1.807, 2.05) is 48.5 Å². The van der Waals surface area contributed by atoms with Crippen molar-refractivity contribution in [2.24, 2.45) is 10.7 Å². The lowest BCUT2D eigenvalue weighted by atomic mass is 10.2. The SMILES string of the molecule is COc1ccccc1CN=C(N)SCCOc1cccc(Br)c1. The van der Waals surface area contributed by atoms with Crippen molar-refractivity contribution in [2.45, 2.75) is 6.54 Å². The van der Waals surface area contributed by atoms with Crippen molar-refractivity contribution in [3.8, 4) is 11.5 Å². The fourth-order valence-electron chi connectivity index (χ4n) is 1.90. The van der Waals surface area contributed by atoms with Crippen molar-refractivity contribution in [3.63, 3.8) is 0 Å². The van der Waals surface area contributed by atoms with Crippen molar-refractivity contribution in [1.29, 1.82) is 0 Å². The van der Waals surface area contributed by atoms with E-state index in [1.54, 1.807) is 7.11 Å². The summed E-state index contributed by atoms with van der Waals surface area (Å²) in [6.07, 6.45) is 0. The smallest absolute Gasteiger partial charge is 0.154 e. The third-order valence-corrected chi connectivity index (χ3v) is 4.28. The van der Waals surface area contributed by atoms with Gasteiger partial charge in [0, 0.05) is 15.8 Å². The second-order valence-corrected chi connectivity index (χ2v) is 6.65. The molecular weight excluding hydrogens is 376 g/mol. The molecule has 122 valence electrons. The van der Waals surface area contributed by atoms with Crippen LogP contribution in [-0.4, -0.2) is 24.6 Å². The minimum Gasteiger partial charge on any atom is -0.496 e. The minimum atomic E-state index is 0.509. The number of amidine groups is 1. The Morgan fingerprint density at radius 3 is 2.83 bits per heavy atom. The van der Waals surface area contributed by atoms with E-state index in [0.717, 1.165) is 27.3 Å². The average molecular weight is 395 g/mol. The molecule has 0 bridgehead atoms. The molecule has 0 radical (unpaired) electrons. The van der Waals surface area contributed by atoms with Gasteiger partial charge in [0.15, 0.2) is 5.17 Å². The summed E-state index contributed by atoms with van der Waals surface area (Å²) in [6.45, 7) is 1.08. The third kappa shape index (κ3) is 6.15. The molecule has 0 aromatic heterocycles. The van der Waals surface area contributed by atoms with Gasteiger partial charge in [0.05, 0.1) is 20.3 Å². The van der Waals surface area contributed by atoms with Crippen LogP contribution in [0.1, 0.15) is 5.56 Å². The molecule has 0 atom stereocenters. The van der Waals surface area contributed by atoms with Gasteiger partial charge in [-0.25, -0.2) is 0 Å².